The fourth-order valence-corrected chi connectivity index (χ4v) is 2.54. The van der Waals surface area contributed by atoms with Crippen molar-refractivity contribution in [2.24, 2.45) is 0 Å². The summed E-state index contributed by atoms with van der Waals surface area (Å²) in [4.78, 5) is 25.9. The van der Waals surface area contributed by atoms with Gasteiger partial charge in [-0.3, -0.25) is 9.69 Å². The first-order chi connectivity index (χ1) is 11.6. The van der Waals surface area contributed by atoms with Gasteiger partial charge in [-0.1, -0.05) is 17.7 Å². The monoisotopic (exact) mass is 364 g/mol. The molecule has 0 fully saturated rings. The third-order valence-corrected chi connectivity index (χ3v) is 3.96. The van der Waals surface area contributed by atoms with E-state index in [1.807, 2.05) is 0 Å². The first kappa shape index (κ1) is 16.5. The molecule has 2 aromatic heterocycles. The summed E-state index contributed by atoms with van der Waals surface area (Å²) in [5.41, 5.74) is 0.594. The first-order valence-corrected chi connectivity index (χ1v) is 7.88. The summed E-state index contributed by atoms with van der Waals surface area (Å²) in [7, 11) is 0. The lowest BCUT2D eigenvalue weighted by Gasteiger charge is -2.20. The van der Waals surface area contributed by atoms with E-state index in [4.69, 9.17) is 23.2 Å². The number of halogens is 3. The van der Waals surface area contributed by atoms with E-state index < -0.39 is 11.7 Å². The smallest absolute Gasteiger partial charge is 0.244 e. The largest absolute Gasteiger partial charge is 0.275 e. The molecule has 0 aliphatic heterocycles. The second kappa shape index (κ2) is 7.07. The molecule has 0 unspecified atom stereocenters. The highest BCUT2D eigenvalue weighted by Crippen LogP contribution is 2.23. The summed E-state index contributed by atoms with van der Waals surface area (Å²) in [5, 5.41) is 0.935. The number of aromatic nitrogens is 3. The Bertz CT molecular complexity index is 886. The van der Waals surface area contributed by atoms with E-state index in [1.165, 1.54) is 17.0 Å². The second-order valence-electron chi connectivity index (χ2n) is 4.90. The molecule has 0 aliphatic rings. The SMILES string of the molecule is O=C(CCl)N(Cc1c(F)cccc1Cl)c1ncc2cccnc2n1. The molecule has 0 saturated heterocycles. The van der Waals surface area contributed by atoms with E-state index >= 15 is 0 Å². The number of hydrogen-bond acceptors (Lipinski definition) is 4. The van der Waals surface area contributed by atoms with Crippen molar-refractivity contribution in [1.29, 1.82) is 0 Å². The Morgan fingerprint density at radius 1 is 1.21 bits per heavy atom. The van der Waals surface area contributed by atoms with E-state index in [0.29, 0.717) is 5.65 Å². The lowest BCUT2D eigenvalue weighted by molar-refractivity contribution is -0.116. The molecule has 122 valence electrons. The van der Waals surface area contributed by atoms with E-state index in [1.54, 1.807) is 30.6 Å². The van der Waals surface area contributed by atoms with Gasteiger partial charge in [0.2, 0.25) is 11.9 Å². The average Bonchev–Trinajstić information content (AvgIpc) is 2.60. The predicted octanol–water partition coefficient (Wildman–Crippen LogP) is 3.59. The molecule has 0 bridgehead atoms. The summed E-state index contributed by atoms with van der Waals surface area (Å²) in [6, 6.07) is 7.87. The molecule has 2 heterocycles. The fraction of sp³-hybridized carbons (Fsp3) is 0.125. The van der Waals surface area contributed by atoms with Gasteiger partial charge in [0.05, 0.1) is 6.54 Å². The number of nitrogens with zero attached hydrogens (tertiary/aromatic N) is 4. The van der Waals surface area contributed by atoms with Crippen molar-refractivity contribution in [2.75, 3.05) is 10.8 Å². The van der Waals surface area contributed by atoms with E-state index in [-0.39, 0.29) is 29.0 Å². The van der Waals surface area contributed by atoms with Gasteiger partial charge in [-0.15, -0.1) is 11.6 Å². The number of fused-ring (bicyclic) bond motifs is 1. The number of benzene rings is 1. The lowest BCUT2D eigenvalue weighted by Crippen LogP contribution is -2.33. The Kier molecular flexibility index (Phi) is 4.87. The van der Waals surface area contributed by atoms with Crippen LogP contribution in [0.25, 0.3) is 11.0 Å². The number of hydrogen-bond donors (Lipinski definition) is 0. The van der Waals surface area contributed by atoms with Crippen molar-refractivity contribution in [2.45, 2.75) is 6.54 Å². The Morgan fingerprint density at radius 2 is 2.04 bits per heavy atom. The van der Waals surface area contributed by atoms with Gasteiger partial charge in [0.1, 0.15) is 11.7 Å². The molecular weight excluding hydrogens is 354 g/mol. The van der Waals surface area contributed by atoms with Crippen LogP contribution in [0.1, 0.15) is 5.56 Å². The van der Waals surface area contributed by atoms with E-state index in [9.17, 15) is 9.18 Å². The number of carbonyl (C=O) groups excluding carboxylic acids is 1. The summed E-state index contributed by atoms with van der Waals surface area (Å²) in [6.45, 7) is -0.130. The van der Waals surface area contributed by atoms with Crippen molar-refractivity contribution in [1.82, 2.24) is 15.0 Å². The number of alkyl halides is 1. The predicted molar refractivity (Wildman–Crippen MR) is 90.7 cm³/mol. The van der Waals surface area contributed by atoms with Gasteiger partial charge in [0.25, 0.3) is 0 Å². The quantitative estimate of drug-likeness (QED) is 0.663. The highest BCUT2D eigenvalue weighted by atomic mass is 35.5. The highest BCUT2D eigenvalue weighted by molar-refractivity contribution is 6.31. The molecule has 0 N–H and O–H groups in total. The van der Waals surface area contributed by atoms with E-state index in [2.05, 4.69) is 15.0 Å². The molecule has 0 atom stereocenters. The lowest BCUT2D eigenvalue weighted by atomic mass is 10.2. The van der Waals surface area contributed by atoms with Crippen molar-refractivity contribution < 1.29 is 9.18 Å². The molecule has 3 aromatic rings. The first-order valence-electron chi connectivity index (χ1n) is 6.97. The maximum Gasteiger partial charge on any atom is 0.244 e. The van der Waals surface area contributed by atoms with Crippen molar-refractivity contribution >= 4 is 46.1 Å². The molecule has 3 rings (SSSR count). The van der Waals surface area contributed by atoms with Crippen LogP contribution in [0.5, 0.6) is 0 Å². The second-order valence-corrected chi connectivity index (χ2v) is 5.57. The van der Waals surface area contributed by atoms with Crippen LogP contribution >= 0.6 is 23.2 Å². The Balaban J connectivity index is 2.04. The topological polar surface area (TPSA) is 59.0 Å². The van der Waals surface area contributed by atoms with Crippen LogP contribution in [0.3, 0.4) is 0 Å². The van der Waals surface area contributed by atoms with Gasteiger partial charge in [-0.25, -0.2) is 14.4 Å². The van der Waals surface area contributed by atoms with E-state index in [0.717, 1.165) is 5.39 Å². The molecule has 8 heteroatoms. The van der Waals surface area contributed by atoms with Crippen LogP contribution in [-0.4, -0.2) is 26.7 Å². The number of rotatable bonds is 4. The normalized spacial score (nSPS) is 10.8. The van der Waals surface area contributed by atoms with Gasteiger partial charge < -0.3 is 0 Å². The zero-order valence-electron chi connectivity index (χ0n) is 12.3. The van der Waals surface area contributed by atoms with Crippen LogP contribution in [0.2, 0.25) is 5.02 Å². The highest BCUT2D eigenvalue weighted by Gasteiger charge is 2.21. The maximum absolute atomic E-state index is 14.0. The van der Waals surface area contributed by atoms with Gasteiger partial charge in [0, 0.05) is 28.4 Å². The van der Waals surface area contributed by atoms with Gasteiger partial charge in [-0.2, -0.15) is 4.98 Å². The molecule has 1 amide bonds. The molecule has 0 saturated carbocycles. The summed E-state index contributed by atoms with van der Waals surface area (Å²) >= 11 is 11.7. The third kappa shape index (κ3) is 3.29. The zero-order chi connectivity index (χ0) is 17.1. The van der Waals surface area contributed by atoms with Gasteiger partial charge in [0.15, 0.2) is 5.65 Å². The Hall–Kier alpha value is -2.31. The molecule has 5 nitrogen and oxygen atoms in total. The minimum Gasteiger partial charge on any atom is -0.275 e. The molecule has 24 heavy (non-hydrogen) atoms. The Morgan fingerprint density at radius 3 is 2.79 bits per heavy atom. The fourth-order valence-electron chi connectivity index (χ4n) is 2.17. The zero-order valence-corrected chi connectivity index (χ0v) is 13.8. The van der Waals surface area contributed by atoms with Gasteiger partial charge >= 0.3 is 0 Å². The standard InChI is InChI=1S/C16H11Cl2FN4O/c17-7-14(24)23(9-11-12(18)4-1-5-13(11)19)16-21-8-10-3-2-6-20-15(10)22-16/h1-6,8H,7,9H2. The molecule has 0 spiro atoms. The summed E-state index contributed by atoms with van der Waals surface area (Å²) in [5.74, 6) is -1.19. The molecule has 0 aliphatic carbocycles. The van der Waals surface area contributed by atoms with Gasteiger partial charge in [-0.05, 0) is 24.3 Å². The van der Waals surface area contributed by atoms with Crippen LogP contribution in [0.4, 0.5) is 10.3 Å². The molecule has 0 radical (unpaired) electrons. The Labute approximate surface area is 147 Å². The number of amides is 1. The third-order valence-electron chi connectivity index (χ3n) is 3.38. The number of pyridine rings is 1. The van der Waals surface area contributed by atoms with Crippen molar-refractivity contribution in [3.8, 4) is 0 Å². The summed E-state index contributed by atoms with van der Waals surface area (Å²) in [6.07, 6.45) is 3.13. The van der Waals surface area contributed by atoms with Crippen LogP contribution in [0, 0.1) is 5.82 Å². The molecule has 1 aromatic carbocycles. The maximum atomic E-state index is 14.0. The van der Waals surface area contributed by atoms with Crippen LogP contribution in [0.15, 0.2) is 42.7 Å². The minimum atomic E-state index is -0.520. The minimum absolute atomic E-state index is 0.0890. The summed E-state index contributed by atoms with van der Waals surface area (Å²) < 4.78 is 14.0. The average molecular weight is 365 g/mol. The van der Waals surface area contributed by atoms with Crippen LogP contribution < -0.4 is 4.90 Å². The number of carbonyl (C=O) groups is 1. The van der Waals surface area contributed by atoms with Crippen molar-refractivity contribution in [3.63, 3.8) is 0 Å². The number of anilines is 1. The van der Waals surface area contributed by atoms with Crippen molar-refractivity contribution in [3.05, 3.63) is 59.1 Å². The molecular formula is C16H11Cl2FN4O. The van der Waals surface area contributed by atoms with Crippen LogP contribution in [-0.2, 0) is 11.3 Å².